The van der Waals surface area contributed by atoms with Gasteiger partial charge in [0.1, 0.15) is 0 Å². The van der Waals surface area contributed by atoms with Crippen LogP contribution in [-0.2, 0) is 36.7 Å². The number of ether oxygens (including phenoxy) is 2. The molecule has 0 fully saturated rings. The molecule has 8 nitrogen and oxygen atoms in total. The Morgan fingerprint density at radius 1 is 0.806 bits per heavy atom. The predicted molar refractivity (Wildman–Crippen MR) is 139 cm³/mol. The lowest BCUT2D eigenvalue weighted by atomic mass is 10.0. The van der Waals surface area contributed by atoms with Crippen molar-refractivity contribution in [2.24, 2.45) is 5.92 Å². The zero-order chi connectivity index (χ0) is 26.5. The Morgan fingerprint density at radius 2 is 1.44 bits per heavy atom. The van der Waals surface area contributed by atoms with Crippen LogP contribution in [0.5, 0.6) is 0 Å². The second kappa shape index (κ2) is 14.7. The molecule has 2 amide bonds. The highest BCUT2D eigenvalue weighted by molar-refractivity contribution is 5.95. The third-order valence-corrected chi connectivity index (χ3v) is 5.36. The third-order valence-electron chi connectivity index (χ3n) is 5.36. The van der Waals surface area contributed by atoms with Gasteiger partial charge in [0.15, 0.2) is 6.61 Å². The Labute approximate surface area is 212 Å². The fourth-order valence-corrected chi connectivity index (χ4v) is 3.43. The first-order chi connectivity index (χ1) is 17.2. The summed E-state index contributed by atoms with van der Waals surface area (Å²) in [6.07, 6.45) is 1.97. The molecule has 8 heteroatoms. The van der Waals surface area contributed by atoms with Gasteiger partial charge in [-0.1, -0.05) is 45.9 Å². The molecule has 2 N–H and O–H groups in total. The zero-order valence-corrected chi connectivity index (χ0v) is 21.5. The minimum absolute atomic E-state index is 0.0209. The minimum atomic E-state index is -0.540. The number of carbonyl (C=O) groups is 4. The molecule has 0 aliphatic heterocycles. The average molecular weight is 497 g/mol. The van der Waals surface area contributed by atoms with E-state index in [1.165, 1.54) is 0 Å². The number of para-hydroxylation sites is 1. The molecule has 0 aliphatic carbocycles. The van der Waals surface area contributed by atoms with Crippen LogP contribution >= 0.6 is 0 Å². The van der Waals surface area contributed by atoms with E-state index in [0.29, 0.717) is 17.9 Å². The van der Waals surface area contributed by atoms with Crippen molar-refractivity contribution in [3.8, 4) is 0 Å². The van der Waals surface area contributed by atoms with Gasteiger partial charge in [-0.2, -0.15) is 0 Å². The first-order valence-corrected chi connectivity index (χ1v) is 12.4. The van der Waals surface area contributed by atoms with Crippen molar-refractivity contribution in [3.05, 3.63) is 59.2 Å². The first kappa shape index (κ1) is 28.6. The fraction of sp³-hybridized carbons (Fsp3) is 0.429. The molecule has 0 heterocycles. The fourth-order valence-electron chi connectivity index (χ4n) is 3.43. The summed E-state index contributed by atoms with van der Waals surface area (Å²) >= 11 is 0. The van der Waals surface area contributed by atoms with Crippen LogP contribution in [0, 0.1) is 5.92 Å². The van der Waals surface area contributed by atoms with Crippen molar-refractivity contribution in [2.45, 2.75) is 59.8 Å². The van der Waals surface area contributed by atoms with Gasteiger partial charge in [0, 0.05) is 24.2 Å². The molecule has 2 aromatic carbocycles. The van der Waals surface area contributed by atoms with Crippen LogP contribution in [0.1, 0.15) is 68.4 Å². The maximum atomic E-state index is 12.3. The van der Waals surface area contributed by atoms with Gasteiger partial charge in [0.05, 0.1) is 12.2 Å². The number of carbonyl (C=O) groups excluding carboxylic acids is 4. The SMILES string of the molecule is CCc1cccc(CC)c1NC(=O)COC(=O)CCCC(=O)Nc1ccc(C(=O)OCC(C)C)cc1. The highest BCUT2D eigenvalue weighted by Gasteiger charge is 2.13. The molecule has 36 heavy (non-hydrogen) atoms. The van der Waals surface area contributed by atoms with E-state index in [1.807, 2.05) is 45.9 Å². The molecule has 2 rings (SSSR count). The summed E-state index contributed by atoms with van der Waals surface area (Å²) in [6.45, 7) is 7.91. The molecule has 0 radical (unpaired) electrons. The predicted octanol–water partition coefficient (Wildman–Crippen LogP) is 4.91. The molecule has 0 unspecified atom stereocenters. The van der Waals surface area contributed by atoms with Gasteiger partial charge in [0.25, 0.3) is 5.91 Å². The topological polar surface area (TPSA) is 111 Å². The lowest BCUT2D eigenvalue weighted by Gasteiger charge is -2.14. The van der Waals surface area contributed by atoms with Gasteiger partial charge in [-0.05, 0) is 60.6 Å². The van der Waals surface area contributed by atoms with Gasteiger partial charge >= 0.3 is 11.9 Å². The Balaban J connectivity index is 1.70. The van der Waals surface area contributed by atoms with Crippen molar-refractivity contribution in [1.82, 2.24) is 0 Å². The smallest absolute Gasteiger partial charge is 0.338 e. The molecule has 0 aliphatic rings. The molecule has 0 atom stereocenters. The Bertz CT molecular complexity index is 1020. The highest BCUT2D eigenvalue weighted by Crippen LogP contribution is 2.22. The lowest BCUT2D eigenvalue weighted by molar-refractivity contribution is -0.147. The molecule has 2 aromatic rings. The van der Waals surface area contributed by atoms with E-state index in [1.54, 1.807) is 24.3 Å². The monoisotopic (exact) mass is 496 g/mol. The molecule has 0 saturated carbocycles. The number of hydrogen-bond acceptors (Lipinski definition) is 6. The Hall–Kier alpha value is -3.68. The Morgan fingerprint density at radius 3 is 2.03 bits per heavy atom. The Kier molecular flexibility index (Phi) is 11.6. The van der Waals surface area contributed by atoms with Crippen molar-refractivity contribution < 1.29 is 28.7 Å². The molecule has 0 spiro atoms. The van der Waals surface area contributed by atoms with Gasteiger partial charge in [0.2, 0.25) is 5.91 Å². The first-order valence-electron chi connectivity index (χ1n) is 12.4. The van der Waals surface area contributed by atoms with Crippen LogP contribution in [0.2, 0.25) is 0 Å². The number of esters is 2. The summed E-state index contributed by atoms with van der Waals surface area (Å²) in [5, 5.41) is 5.58. The minimum Gasteiger partial charge on any atom is -0.462 e. The van der Waals surface area contributed by atoms with Crippen LogP contribution in [-0.4, -0.2) is 37.0 Å². The van der Waals surface area contributed by atoms with Gasteiger partial charge < -0.3 is 20.1 Å². The number of anilines is 2. The van der Waals surface area contributed by atoms with Crippen LogP contribution in [0.25, 0.3) is 0 Å². The van der Waals surface area contributed by atoms with E-state index in [2.05, 4.69) is 10.6 Å². The number of amides is 2. The van der Waals surface area contributed by atoms with Crippen LogP contribution < -0.4 is 10.6 Å². The number of rotatable bonds is 13. The lowest BCUT2D eigenvalue weighted by Crippen LogP contribution is -2.22. The summed E-state index contributed by atoms with van der Waals surface area (Å²) < 4.78 is 10.2. The highest BCUT2D eigenvalue weighted by atomic mass is 16.5. The van der Waals surface area contributed by atoms with Gasteiger partial charge in [-0.25, -0.2) is 4.79 Å². The molecule has 0 aromatic heterocycles. The second-order valence-electron chi connectivity index (χ2n) is 8.84. The average Bonchev–Trinajstić information content (AvgIpc) is 2.86. The summed E-state index contributed by atoms with van der Waals surface area (Å²) in [6, 6.07) is 12.3. The van der Waals surface area contributed by atoms with E-state index in [-0.39, 0.29) is 37.7 Å². The van der Waals surface area contributed by atoms with Crippen LogP contribution in [0.3, 0.4) is 0 Å². The van der Waals surface area contributed by atoms with E-state index in [0.717, 1.165) is 29.7 Å². The van der Waals surface area contributed by atoms with E-state index in [9.17, 15) is 19.2 Å². The quantitative estimate of drug-likeness (QED) is 0.381. The largest absolute Gasteiger partial charge is 0.462 e. The van der Waals surface area contributed by atoms with E-state index in [4.69, 9.17) is 9.47 Å². The summed E-state index contributed by atoms with van der Waals surface area (Å²) in [5.74, 6) is -1.36. The summed E-state index contributed by atoms with van der Waals surface area (Å²) in [5.41, 5.74) is 3.78. The zero-order valence-electron chi connectivity index (χ0n) is 21.5. The van der Waals surface area contributed by atoms with Crippen molar-refractivity contribution in [2.75, 3.05) is 23.8 Å². The maximum absolute atomic E-state index is 12.3. The van der Waals surface area contributed by atoms with E-state index >= 15 is 0 Å². The maximum Gasteiger partial charge on any atom is 0.338 e. The van der Waals surface area contributed by atoms with Crippen LogP contribution in [0.4, 0.5) is 11.4 Å². The molecule has 194 valence electrons. The molecule has 0 saturated heterocycles. The molecule has 0 bridgehead atoms. The van der Waals surface area contributed by atoms with Crippen LogP contribution in [0.15, 0.2) is 42.5 Å². The van der Waals surface area contributed by atoms with Gasteiger partial charge in [-0.3, -0.25) is 14.4 Å². The number of nitrogens with one attached hydrogen (secondary N) is 2. The van der Waals surface area contributed by atoms with Crippen molar-refractivity contribution >= 4 is 35.1 Å². The van der Waals surface area contributed by atoms with Crippen molar-refractivity contribution in [1.29, 1.82) is 0 Å². The summed E-state index contributed by atoms with van der Waals surface area (Å²) in [4.78, 5) is 48.4. The number of aryl methyl sites for hydroxylation is 2. The second-order valence-corrected chi connectivity index (χ2v) is 8.84. The molecular formula is C28H36N2O6. The standard InChI is InChI=1S/C28H36N2O6/c1-5-20-9-7-10-21(6-2)27(20)30-25(32)18-35-26(33)12-8-11-24(31)29-23-15-13-22(14-16-23)28(34)36-17-19(3)4/h7,9-10,13-16,19H,5-6,8,11-12,17-18H2,1-4H3,(H,29,31)(H,30,32). The molecular weight excluding hydrogens is 460 g/mol. The van der Waals surface area contributed by atoms with E-state index < -0.39 is 17.8 Å². The van der Waals surface area contributed by atoms with Crippen molar-refractivity contribution in [3.63, 3.8) is 0 Å². The third kappa shape index (κ3) is 9.52. The number of hydrogen-bond donors (Lipinski definition) is 2. The van der Waals surface area contributed by atoms with Gasteiger partial charge in [-0.15, -0.1) is 0 Å². The summed E-state index contributed by atoms with van der Waals surface area (Å²) in [7, 11) is 0. The number of benzene rings is 2. The normalized spacial score (nSPS) is 10.6.